The Morgan fingerprint density at radius 3 is 2.59 bits per heavy atom. The Bertz CT molecular complexity index is 1110. The normalized spacial score (nSPS) is 36.1. The van der Waals surface area contributed by atoms with Crippen LogP contribution >= 0.6 is 0 Å². The molecule has 37 heavy (non-hydrogen) atoms. The zero-order chi connectivity index (χ0) is 26.5. The lowest BCUT2D eigenvalue weighted by atomic mass is 9.73. The molecule has 2 saturated heterocycles. The van der Waals surface area contributed by atoms with Gasteiger partial charge in [0.25, 0.3) is 0 Å². The van der Waals surface area contributed by atoms with Crippen molar-refractivity contribution in [1.29, 1.82) is 0 Å². The molecule has 0 radical (unpaired) electrons. The van der Waals surface area contributed by atoms with Gasteiger partial charge in [0.05, 0.1) is 17.9 Å². The second kappa shape index (κ2) is 9.75. The van der Waals surface area contributed by atoms with Crippen molar-refractivity contribution >= 4 is 23.4 Å². The van der Waals surface area contributed by atoms with Gasteiger partial charge in [-0.25, -0.2) is 0 Å². The maximum absolute atomic E-state index is 13.8. The number of nitrogens with zero attached hydrogens (tertiary/aromatic N) is 1. The molecule has 3 fully saturated rings. The summed E-state index contributed by atoms with van der Waals surface area (Å²) in [6.07, 6.45) is 7.94. The third kappa shape index (κ3) is 4.21. The van der Waals surface area contributed by atoms with Gasteiger partial charge in [0.1, 0.15) is 11.6 Å². The monoisotopic (exact) mass is 505 g/mol. The number of ether oxygens (including phenoxy) is 1. The van der Waals surface area contributed by atoms with Crippen LogP contribution < -0.4 is 10.6 Å². The Labute approximate surface area is 219 Å². The average molecular weight is 506 g/mol. The van der Waals surface area contributed by atoms with E-state index in [2.05, 4.69) is 44.9 Å². The van der Waals surface area contributed by atoms with E-state index in [4.69, 9.17) is 4.74 Å². The molecule has 7 nitrogen and oxygen atoms in total. The third-order valence-corrected chi connectivity index (χ3v) is 9.13. The van der Waals surface area contributed by atoms with Gasteiger partial charge in [0.15, 0.2) is 0 Å². The van der Waals surface area contributed by atoms with E-state index in [-0.39, 0.29) is 30.3 Å². The number of amides is 3. The Morgan fingerprint density at radius 2 is 1.92 bits per heavy atom. The van der Waals surface area contributed by atoms with Crippen molar-refractivity contribution in [1.82, 2.24) is 10.2 Å². The van der Waals surface area contributed by atoms with E-state index in [1.54, 1.807) is 11.0 Å². The molecule has 3 heterocycles. The molecule has 2 N–H and O–H groups in total. The summed E-state index contributed by atoms with van der Waals surface area (Å²) in [5, 5.41) is 6.24. The average Bonchev–Trinajstić information content (AvgIpc) is 3.50. The van der Waals surface area contributed by atoms with Crippen LogP contribution in [0.3, 0.4) is 0 Å². The molecule has 3 amide bonds. The van der Waals surface area contributed by atoms with Crippen molar-refractivity contribution in [2.24, 2.45) is 23.7 Å². The van der Waals surface area contributed by atoms with E-state index in [1.165, 1.54) is 5.56 Å². The van der Waals surface area contributed by atoms with Gasteiger partial charge < -0.3 is 20.3 Å². The fourth-order valence-corrected chi connectivity index (χ4v) is 6.83. The minimum Gasteiger partial charge on any atom is -0.359 e. The maximum Gasteiger partial charge on any atom is 0.246 e. The smallest absolute Gasteiger partial charge is 0.246 e. The SMILES string of the molecule is C=CCN1C(=O)[C@@H]2[C@H](C(=O)Nc3ccc(C(C)C)cc3)[C@@H]3C=C[C@@]2(O3)[C@@H]1C(=O)N[C@@H]1CCC[C@H](C)[C@H]1C. The summed E-state index contributed by atoms with van der Waals surface area (Å²) in [4.78, 5) is 42.7. The predicted molar refractivity (Wildman–Crippen MR) is 143 cm³/mol. The topological polar surface area (TPSA) is 87.7 Å². The molecule has 1 saturated carbocycles. The van der Waals surface area contributed by atoms with Gasteiger partial charge >= 0.3 is 0 Å². The fraction of sp³-hybridized carbons (Fsp3) is 0.567. The molecule has 8 atom stereocenters. The van der Waals surface area contributed by atoms with Crippen LogP contribution in [0.15, 0.2) is 49.1 Å². The van der Waals surface area contributed by atoms with Crippen molar-refractivity contribution < 1.29 is 19.1 Å². The number of rotatable bonds is 7. The highest BCUT2D eigenvalue weighted by atomic mass is 16.5. The highest BCUT2D eigenvalue weighted by Crippen LogP contribution is 2.55. The van der Waals surface area contributed by atoms with E-state index in [0.29, 0.717) is 23.4 Å². The first-order chi connectivity index (χ1) is 17.7. The first kappa shape index (κ1) is 25.7. The molecular formula is C30H39N3O4. The molecule has 4 aliphatic rings. The van der Waals surface area contributed by atoms with Crippen molar-refractivity contribution in [2.45, 2.75) is 76.7 Å². The van der Waals surface area contributed by atoms with E-state index >= 15 is 0 Å². The van der Waals surface area contributed by atoms with E-state index < -0.39 is 29.6 Å². The molecule has 2 bridgehead atoms. The van der Waals surface area contributed by atoms with Crippen LogP contribution in [-0.2, 0) is 19.1 Å². The second-order valence-electron chi connectivity index (χ2n) is 11.6. The molecule has 0 aromatic heterocycles. The molecule has 0 unspecified atom stereocenters. The second-order valence-corrected chi connectivity index (χ2v) is 11.6. The van der Waals surface area contributed by atoms with Gasteiger partial charge in [-0.15, -0.1) is 6.58 Å². The Kier molecular flexibility index (Phi) is 6.77. The Hall–Kier alpha value is -2.93. The van der Waals surface area contributed by atoms with Gasteiger partial charge in [-0.2, -0.15) is 0 Å². The summed E-state index contributed by atoms with van der Waals surface area (Å²) in [5.74, 6) is -0.887. The molecule has 1 aromatic rings. The minimum absolute atomic E-state index is 0.0582. The first-order valence-electron chi connectivity index (χ1n) is 13.7. The van der Waals surface area contributed by atoms with Crippen LogP contribution in [-0.4, -0.2) is 53.0 Å². The van der Waals surface area contributed by atoms with Crippen molar-refractivity contribution in [3.8, 4) is 0 Å². The summed E-state index contributed by atoms with van der Waals surface area (Å²) in [5.41, 5.74) is 0.713. The number of carbonyl (C=O) groups excluding carboxylic acids is 3. The fourth-order valence-electron chi connectivity index (χ4n) is 6.83. The van der Waals surface area contributed by atoms with Crippen molar-refractivity contribution in [3.05, 3.63) is 54.6 Å². The number of anilines is 1. The Balaban J connectivity index is 1.40. The molecule has 1 spiro atoms. The number of benzene rings is 1. The maximum atomic E-state index is 13.8. The zero-order valence-electron chi connectivity index (χ0n) is 22.3. The summed E-state index contributed by atoms with van der Waals surface area (Å²) in [6, 6.07) is 6.99. The van der Waals surface area contributed by atoms with Gasteiger partial charge in [-0.1, -0.05) is 70.9 Å². The highest BCUT2D eigenvalue weighted by molar-refractivity contribution is 6.02. The highest BCUT2D eigenvalue weighted by Gasteiger charge is 2.72. The van der Waals surface area contributed by atoms with Gasteiger partial charge in [0, 0.05) is 18.3 Å². The number of carbonyl (C=O) groups is 3. The van der Waals surface area contributed by atoms with Crippen LogP contribution in [0.2, 0.25) is 0 Å². The van der Waals surface area contributed by atoms with E-state index in [0.717, 1.165) is 19.3 Å². The molecule has 3 aliphatic heterocycles. The number of hydrogen-bond donors (Lipinski definition) is 2. The number of hydrogen-bond acceptors (Lipinski definition) is 4. The summed E-state index contributed by atoms with van der Waals surface area (Å²) in [6.45, 7) is 12.7. The van der Waals surface area contributed by atoms with Crippen LogP contribution in [0.1, 0.15) is 58.4 Å². The van der Waals surface area contributed by atoms with Gasteiger partial charge in [-0.05, 0) is 41.9 Å². The van der Waals surface area contributed by atoms with E-state index in [1.807, 2.05) is 36.4 Å². The number of likely N-dealkylation sites (tertiary alicyclic amines) is 1. The minimum atomic E-state index is -1.15. The summed E-state index contributed by atoms with van der Waals surface area (Å²) in [7, 11) is 0. The zero-order valence-corrected chi connectivity index (χ0v) is 22.3. The predicted octanol–water partition coefficient (Wildman–Crippen LogP) is 4.03. The van der Waals surface area contributed by atoms with Crippen LogP contribution in [0.25, 0.3) is 0 Å². The van der Waals surface area contributed by atoms with Gasteiger partial charge in [-0.3, -0.25) is 14.4 Å². The first-order valence-corrected chi connectivity index (χ1v) is 13.7. The molecule has 7 heteroatoms. The van der Waals surface area contributed by atoms with Crippen molar-refractivity contribution in [2.75, 3.05) is 11.9 Å². The Morgan fingerprint density at radius 1 is 1.19 bits per heavy atom. The summed E-state index contributed by atoms with van der Waals surface area (Å²) < 4.78 is 6.39. The van der Waals surface area contributed by atoms with Crippen LogP contribution in [0.5, 0.6) is 0 Å². The third-order valence-electron chi connectivity index (χ3n) is 9.13. The van der Waals surface area contributed by atoms with Crippen molar-refractivity contribution in [3.63, 3.8) is 0 Å². The number of fused-ring (bicyclic) bond motifs is 1. The van der Waals surface area contributed by atoms with Gasteiger partial charge in [0.2, 0.25) is 17.7 Å². The van der Waals surface area contributed by atoms with Crippen LogP contribution in [0, 0.1) is 23.7 Å². The largest absolute Gasteiger partial charge is 0.359 e. The quantitative estimate of drug-likeness (QED) is 0.548. The standard InChI is InChI=1S/C30H39N3O4/c1-6-16-33-26(28(35)32-22-9-7-8-18(4)19(22)5)30-15-14-23(37-30)24(25(30)29(33)36)27(34)31-21-12-10-20(11-13-21)17(2)3/h6,10-15,17-19,22-26H,1,7-9,16H2,2-5H3,(H,31,34)(H,32,35)/t18-,19+,22+,23-,24+,25-,26-,30-/m0/s1. The molecule has 5 rings (SSSR count). The molecular weight excluding hydrogens is 466 g/mol. The number of nitrogens with one attached hydrogen (secondary N) is 2. The molecule has 1 aromatic carbocycles. The molecule has 1 aliphatic carbocycles. The molecule has 198 valence electrons. The summed E-state index contributed by atoms with van der Waals surface area (Å²) >= 11 is 0. The lowest BCUT2D eigenvalue weighted by Gasteiger charge is -2.37. The van der Waals surface area contributed by atoms with Crippen LogP contribution in [0.4, 0.5) is 5.69 Å². The lowest BCUT2D eigenvalue weighted by Crippen LogP contribution is -2.57. The lowest BCUT2D eigenvalue weighted by molar-refractivity contribution is -0.141. The van der Waals surface area contributed by atoms with E-state index in [9.17, 15) is 14.4 Å².